The lowest BCUT2D eigenvalue weighted by atomic mass is 10.2. The van der Waals surface area contributed by atoms with Crippen molar-refractivity contribution in [2.45, 2.75) is 31.1 Å². The third-order valence-corrected chi connectivity index (χ3v) is 4.52. The highest BCUT2D eigenvalue weighted by atomic mass is 32.2. The van der Waals surface area contributed by atoms with Gasteiger partial charge in [0.05, 0.1) is 5.69 Å². The van der Waals surface area contributed by atoms with Crippen LogP contribution in [0, 0.1) is 0 Å². The van der Waals surface area contributed by atoms with Gasteiger partial charge >= 0.3 is 0 Å². The van der Waals surface area contributed by atoms with E-state index in [1.807, 2.05) is 34.5 Å². The molecule has 90 valence electrons. The average molecular weight is 248 g/mol. The molecule has 1 unspecified atom stereocenters. The third-order valence-electron chi connectivity index (χ3n) is 3.13. The highest BCUT2D eigenvalue weighted by Crippen LogP contribution is 2.28. The monoisotopic (exact) mass is 248 g/mol. The fourth-order valence-electron chi connectivity index (χ4n) is 2.25. The lowest BCUT2D eigenvalue weighted by Crippen LogP contribution is -2.06. The highest BCUT2D eigenvalue weighted by Gasteiger charge is 2.18. The maximum Gasteiger partial charge on any atom is 0.155 e. The van der Waals surface area contributed by atoms with Gasteiger partial charge in [0.2, 0.25) is 0 Å². The number of hydrogen-bond acceptors (Lipinski definition) is 4. The van der Waals surface area contributed by atoms with Crippen LogP contribution in [-0.4, -0.2) is 25.6 Å². The van der Waals surface area contributed by atoms with Gasteiger partial charge in [-0.3, -0.25) is 0 Å². The lowest BCUT2D eigenvalue weighted by molar-refractivity contribution is 0.735. The molecule has 2 N–H and O–H groups in total. The maximum absolute atomic E-state index is 5.70. The van der Waals surface area contributed by atoms with Crippen LogP contribution in [0.4, 0.5) is 0 Å². The summed E-state index contributed by atoms with van der Waals surface area (Å²) < 4.78 is 1.87. The van der Waals surface area contributed by atoms with Crippen molar-refractivity contribution in [1.29, 1.82) is 0 Å². The molecule has 0 bridgehead atoms. The van der Waals surface area contributed by atoms with Crippen LogP contribution in [0.2, 0.25) is 0 Å². The Morgan fingerprint density at radius 3 is 3.18 bits per heavy atom. The number of nitrogens with zero attached hydrogens (tertiary/aromatic N) is 3. The molecule has 0 radical (unpaired) electrons. The zero-order chi connectivity index (χ0) is 11.7. The number of rotatable bonds is 3. The Morgan fingerprint density at radius 2 is 2.41 bits per heavy atom. The highest BCUT2D eigenvalue weighted by molar-refractivity contribution is 8.00. The van der Waals surface area contributed by atoms with Gasteiger partial charge in [-0.25, -0.2) is 9.50 Å². The molecular formula is C12H16N4S. The molecule has 3 heterocycles. The number of pyridine rings is 1. The number of fused-ring (bicyclic) bond motifs is 1. The second-order valence-electron chi connectivity index (χ2n) is 4.36. The molecule has 4 nitrogen and oxygen atoms in total. The molecule has 0 aliphatic carbocycles. The molecule has 1 atom stereocenters. The zero-order valence-electron chi connectivity index (χ0n) is 9.67. The summed E-state index contributed by atoms with van der Waals surface area (Å²) in [6.07, 6.45) is 3.61. The van der Waals surface area contributed by atoms with Gasteiger partial charge in [0.25, 0.3) is 0 Å². The molecule has 5 heteroatoms. The summed E-state index contributed by atoms with van der Waals surface area (Å²) in [4.78, 5) is 4.57. The van der Waals surface area contributed by atoms with Crippen molar-refractivity contribution in [3.8, 4) is 0 Å². The predicted molar refractivity (Wildman–Crippen MR) is 70.1 cm³/mol. The summed E-state index contributed by atoms with van der Waals surface area (Å²) in [5.74, 6) is 2.23. The number of nitrogens with two attached hydrogens (primary N) is 1. The molecule has 2 aromatic rings. The van der Waals surface area contributed by atoms with E-state index in [-0.39, 0.29) is 0 Å². The summed E-state index contributed by atoms with van der Waals surface area (Å²) >= 11 is 2.04. The Kier molecular flexibility index (Phi) is 3.03. The zero-order valence-corrected chi connectivity index (χ0v) is 10.5. The van der Waals surface area contributed by atoms with E-state index in [4.69, 9.17) is 5.73 Å². The van der Waals surface area contributed by atoms with E-state index in [0.717, 1.165) is 23.6 Å². The van der Waals surface area contributed by atoms with Crippen LogP contribution in [0.15, 0.2) is 18.2 Å². The molecule has 1 fully saturated rings. The van der Waals surface area contributed by atoms with Crippen LogP contribution in [0.3, 0.4) is 0 Å². The second kappa shape index (κ2) is 4.66. The van der Waals surface area contributed by atoms with Gasteiger partial charge in [-0.05, 0) is 30.7 Å². The number of thioether (sulfide) groups is 1. The first-order valence-corrected chi connectivity index (χ1v) is 7.07. The summed E-state index contributed by atoms with van der Waals surface area (Å²) in [7, 11) is 0. The topological polar surface area (TPSA) is 56.2 Å². The van der Waals surface area contributed by atoms with E-state index in [9.17, 15) is 0 Å². The fraction of sp³-hybridized carbons (Fsp3) is 0.500. The molecule has 1 aliphatic heterocycles. The molecule has 17 heavy (non-hydrogen) atoms. The van der Waals surface area contributed by atoms with Crippen LogP contribution in [-0.2, 0) is 13.0 Å². The molecule has 0 saturated carbocycles. The molecule has 3 rings (SSSR count). The van der Waals surface area contributed by atoms with E-state index in [2.05, 4.69) is 10.1 Å². The largest absolute Gasteiger partial charge is 0.325 e. The van der Waals surface area contributed by atoms with Gasteiger partial charge in [-0.1, -0.05) is 6.07 Å². The van der Waals surface area contributed by atoms with Crippen molar-refractivity contribution >= 4 is 17.4 Å². The Labute approximate surface area is 105 Å². The standard InChI is InChI=1S/C12H16N4S/c13-8-9-3-1-5-12-14-11(15-16(9)12)7-10-4-2-6-17-10/h1,3,5,10H,2,4,6-8,13H2. The molecule has 0 aromatic carbocycles. The lowest BCUT2D eigenvalue weighted by Gasteiger charge is -2.03. The second-order valence-corrected chi connectivity index (χ2v) is 5.77. The third kappa shape index (κ3) is 2.17. The van der Waals surface area contributed by atoms with Gasteiger partial charge in [0.15, 0.2) is 11.5 Å². The van der Waals surface area contributed by atoms with Crippen molar-refractivity contribution in [2.75, 3.05) is 5.75 Å². The molecule has 2 aromatic heterocycles. The first-order valence-electron chi connectivity index (χ1n) is 6.02. The summed E-state index contributed by atoms with van der Waals surface area (Å²) in [5.41, 5.74) is 7.62. The maximum atomic E-state index is 5.70. The Bertz CT molecular complexity index is 516. The minimum absolute atomic E-state index is 0.498. The van der Waals surface area contributed by atoms with E-state index >= 15 is 0 Å². The van der Waals surface area contributed by atoms with Crippen LogP contribution < -0.4 is 5.73 Å². The van der Waals surface area contributed by atoms with Gasteiger partial charge in [0.1, 0.15) is 0 Å². The van der Waals surface area contributed by atoms with Crippen LogP contribution >= 0.6 is 11.8 Å². The molecule has 1 aliphatic rings. The van der Waals surface area contributed by atoms with Gasteiger partial charge in [-0.2, -0.15) is 16.9 Å². The fourth-order valence-corrected chi connectivity index (χ4v) is 3.52. The van der Waals surface area contributed by atoms with Crippen molar-refractivity contribution in [1.82, 2.24) is 14.6 Å². The first kappa shape index (κ1) is 11.0. The molecule has 0 spiro atoms. The number of hydrogen-bond donors (Lipinski definition) is 1. The first-order chi connectivity index (χ1) is 8.36. The SMILES string of the molecule is NCc1cccc2nc(CC3CCCS3)nn12. The predicted octanol–water partition coefficient (Wildman–Crippen LogP) is 1.63. The Balaban J connectivity index is 1.90. The van der Waals surface area contributed by atoms with Gasteiger partial charge < -0.3 is 5.73 Å². The van der Waals surface area contributed by atoms with Crippen molar-refractivity contribution in [3.05, 3.63) is 29.7 Å². The average Bonchev–Trinajstić information content (AvgIpc) is 2.97. The summed E-state index contributed by atoms with van der Waals surface area (Å²) in [6.45, 7) is 0.498. The number of aromatic nitrogens is 3. The minimum atomic E-state index is 0.498. The normalized spacial score (nSPS) is 20.2. The van der Waals surface area contributed by atoms with Crippen LogP contribution in [0.5, 0.6) is 0 Å². The van der Waals surface area contributed by atoms with E-state index in [0.29, 0.717) is 11.8 Å². The Hall–Kier alpha value is -1.07. The van der Waals surface area contributed by atoms with Crippen LogP contribution in [0.1, 0.15) is 24.4 Å². The summed E-state index contributed by atoms with van der Waals surface area (Å²) in [6, 6.07) is 5.97. The van der Waals surface area contributed by atoms with Gasteiger partial charge in [-0.15, -0.1) is 0 Å². The van der Waals surface area contributed by atoms with Crippen molar-refractivity contribution in [3.63, 3.8) is 0 Å². The molecule has 1 saturated heterocycles. The van der Waals surface area contributed by atoms with Crippen LogP contribution in [0.25, 0.3) is 5.65 Å². The van der Waals surface area contributed by atoms with Gasteiger partial charge in [0, 0.05) is 18.2 Å². The van der Waals surface area contributed by atoms with E-state index in [1.54, 1.807) is 0 Å². The van der Waals surface area contributed by atoms with E-state index in [1.165, 1.54) is 18.6 Å². The summed E-state index contributed by atoms with van der Waals surface area (Å²) in [5, 5.41) is 5.26. The minimum Gasteiger partial charge on any atom is -0.325 e. The molecular weight excluding hydrogens is 232 g/mol. The van der Waals surface area contributed by atoms with Crippen molar-refractivity contribution < 1.29 is 0 Å². The molecule has 0 amide bonds. The quantitative estimate of drug-likeness (QED) is 0.897. The Morgan fingerprint density at radius 1 is 1.47 bits per heavy atom. The van der Waals surface area contributed by atoms with Crippen molar-refractivity contribution in [2.24, 2.45) is 5.73 Å². The van der Waals surface area contributed by atoms with E-state index < -0.39 is 0 Å². The smallest absolute Gasteiger partial charge is 0.155 e.